The van der Waals surface area contributed by atoms with Crippen molar-refractivity contribution < 1.29 is 19.2 Å². The van der Waals surface area contributed by atoms with E-state index in [2.05, 4.69) is 0 Å². The lowest BCUT2D eigenvalue weighted by Crippen LogP contribution is -3.13. The number of carboxylic acid groups (broad SMARTS) is 1. The van der Waals surface area contributed by atoms with Gasteiger partial charge in [0.2, 0.25) is 0 Å². The van der Waals surface area contributed by atoms with Crippen LogP contribution in [0.2, 0.25) is 0 Å². The van der Waals surface area contributed by atoms with Crippen LogP contribution in [0.15, 0.2) is 24.3 Å². The van der Waals surface area contributed by atoms with Crippen LogP contribution >= 0.6 is 0 Å². The number of aliphatic carboxylic acids is 1. The summed E-state index contributed by atoms with van der Waals surface area (Å²) >= 11 is 0. The molecule has 4 heteroatoms. The standard InChI is InChI=1S/C12H14FNO2/c13-10-3-1-9(2-4-10)7-14(8-12(15)16)11-5-6-11/h1-4,11H,5-8H2,(H,15,16). The Morgan fingerprint density at radius 2 is 2.00 bits per heavy atom. The Kier molecular flexibility index (Phi) is 3.19. The number of carbonyl (C=O) groups is 1. The van der Waals surface area contributed by atoms with Crippen LogP contribution in [-0.2, 0) is 11.3 Å². The summed E-state index contributed by atoms with van der Waals surface area (Å²) < 4.78 is 12.7. The molecule has 1 saturated carbocycles. The van der Waals surface area contributed by atoms with E-state index in [-0.39, 0.29) is 12.4 Å². The largest absolute Gasteiger partial charge is 0.544 e. The number of benzene rings is 1. The molecule has 1 aliphatic carbocycles. The molecule has 1 N–H and O–H groups in total. The third kappa shape index (κ3) is 3.03. The zero-order valence-corrected chi connectivity index (χ0v) is 8.91. The number of hydrogen-bond acceptors (Lipinski definition) is 2. The predicted molar refractivity (Wildman–Crippen MR) is 54.0 cm³/mol. The Balaban J connectivity index is 1.99. The molecule has 0 radical (unpaired) electrons. The second kappa shape index (κ2) is 4.61. The van der Waals surface area contributed by atoms with Crippen LogP contribution < -0.4 is 10.0 Å². The second-order valence-corrected chi connectivity index (χ2v) is 4.28. The van der Waals surface area contributed by atoms with E-state index in [0.29, 0.717) is 12.6 Å². The first kappa shape index (κ1) is 11.1. The van der Waals surface area contributed by atoms with Crippen LogP contribution in [0.5, 0.6) is 0 Å². The van der Waals surface area contributed by atoms with E-state index in [0.717, 1.165) is 23.3 Å². The van der Waals surface area contributed by atoms with Crippen molar-refractivity contribution in [2.24, 2.45) is 0 Å². The van der Waals surface area contributed by atoms with Gasteiger partial charge in [-0.25, -0.2) is 4.39 Å². The lowest BCUT2D eigenvalue weighted by atomic mass is 10.2. The summed E-state index contributed by atoms with van der Waals surface area (Å²) in [5.41, 5.74) is 0.963. The van der Waals surface area contributed by atoms with Gasteiger partial charge in [0.1, 0.15) is 18.9 Å². The molecule has 0 heterocycles. The highest BCUT2D eigenvalue weighted by atomic mass is 19.1. The summed E-state index contributed by atoms with van der Waals surface area (Å²) in [6.07, 6.45) is 2.15. The minimum absolute atomic E-state index is 0.0298. The molecule has 1 fully saturated rings. The van der Waals surface area contributed by atoms with E-state index in [1.807, 2.05) is 0 Å². The fourth-order valence-electron chi connectivity index (χ4n) is 1.89. The molecule has 0 aliphatic heterocycles. The molecule has 1 aliphatic rings. The van der Waals surface area contributed by atoms with Crippen molar-refractivity contribution >= 4 is 5.97 Å². The third-order valence-electron chi connectivity index (χ3n) is 2.87. The van der Waals surface area contributed by atoms with Crippen molar-refractivity contribution in [2.45, 2.75) is 25.4 Å². The van der Waals surface area contributed by atoms with Gasteiger partial charge in [-0.05, 0) is 12.1 Å². The molecule has 0 saturated heterocycles. The highest BCUT2D eigenvalue weighted by Crippen LogP contribution is 2.15. The first-order valence-corrected chi connectivity index (χ1v) is 5.44. The summed E-state index contributed by atoms with van der Waals surface area (Å²) in [7, 11) is 0. The van der Waals surface area contributed by atoms with Gasteiger partial charge in [0.25, 0.3) is 0 Å². The first-order valence-electron chi connectivity index (χ1n) is 5.44. The van der Waals surface area contributed by atoms with Crippen LogP contribution in [0.25, 0.3) is 0 Å². The zero-order chi connectivity index (χ0) is 11.5. The van der Waals surface area contributed by atoms with Crippen LogP contribution in [0.1, 0.15) is 18.4 Å². The predicted octanol–water partition coefficient (Wildman–Crippen LogP) is -0.877. The molecule has 1 unspecified atom stereocenters. The van der Waals surface area contributed by atoms with Crippen molar-refractivity contribution in [3.8, 4) is 0 Å². The molecule has 3 nitrogen and oxygen atoms in total. The summed E-state index contributed by atoms with van der Waals surface area (Å²) in [5.74, 6) is -1.29. The zero-order valence-electron chi connectivity index (χ0n) is 8.91. The number of carboxylic acids is 1. The Hall–Kier alpha value is -1.42. The lowest BCUT2D eigenvalue weighted by Gasteiger charge is -2.19. The molecule has 1 atom stereocenters. The van der Waals surface area contributed by atoms with Gasteiger partial charge in [-0.3, -0.25) is 0 Å². The SMILES string of the molecule is O=C([O-])C[NH+](Cc1ccc(F)cc1)C1CC1. The molecular formula is C12H14FNO2. The van der Waals surface area contributed by atoms with Gasteiger partial charge in [0.15, 0.2) is 0 Å². The maximum Gasteiger partial charge on any atom is 0.123 e. The van der Waals surface area contributed by atoms with Gasteiger partial charge in [-0.15, -0.1) is 0 Å². The van der Waals surface area contributed by atoms with E-state index in [1.54, 1.807) is 12.1 Å². The first-order chi connectivity index (χ1) is 7.65. The number of halogens is 1. The molecule has 86 valence electrons. The number of quaternary nitrogens is 1. The Morgan fingerprint density at radius 1 is 1.38 bits per heavy atom. The van der Waals surface area contributed by atoms with Crippen LogP contribution in [0.4, 0.5) is 4.39 Å². The number of nitrogens with one attached hydrogen (secondary N) is 1. The number of carbonyl (C=O) groups excluding carboxylic acids is 1. The van der Waals surface area contributed by atoms with Crippen molar-refractivity contribution in [1.29, 1.82) is 0 Å². The highest BCUT2D eigenvalue weighted by molar-refractivity contribution is 5.65. The van der Waals surface area contributed by atoms with Crippen molar-refractivity contribution in [3.63, 3.8) is 0 Å². The van der Waals surface area contributed by atoms with E-state index < -0.39 is 5.97 Å². The molecule has 0 amide bonds. The Labute approximate surface area is 93.5 Å². The summed E-state index contributed by atoms with van der Waals surface area (Å²) in [5, 5.41) is 10.6. The maximum absolute atomic E-state index is 12.7. The van der Waals surface area contributed by atoms with E-state index in [9.17, 15) is 14.3 Å². The van der Waals surface area contributed by atoms with Crippen LogP contribution in [0, 0.1) is 5.82 Å². The van der Waals surface area contributed by atoms with E-state index >= 15 is 0 Å². The summed E-state index contributed by atoms with van der Waals surface area (Å²) in [6.45, 7) is 0.654. The molecule has 0 spiro atoms. The fourth-order valence-corrected chi connectivity index (χ4v) is 1.89. The molecular weight excluding hydrogens is 209 g/mol. The molecule has 16 heavy (non-hydrogen) atoms. The topological polar surface area (TPSA) is 44.6 Å². The highest BCUT2D eigenvalue weighted by Gasteiger charge is 2.33. The van der Waals surface area contributed by atoms with E-state index in [4.69, 9.17) is 0 Å². The number of rotatable bonds is 5. The van der Waals surface area contributed by atoms with Crippen molar-refractivity contribution in [3.05, 3.63) is 35.6 Å². The minimum Gasteiger partial charge on any atom is -0.544 e. The van der Waals surface area contributed by atoms with Crippen LogP contribution in [0.3, 0.4) is 0 Å². The fraction of sp³-hybridized carbons (Fsp3) is 0.417. The smallest absolute Gasteiger partial charge is 0.123 e. The lowest BCUT2D eigenvalue weighted by molar-refractivity contribution is -0.919. The minimum atomic E-state index is -1.02. The molecule has 1 aromatic carbocycles. The maximum atomic E-state index is 12.7. The van der Waals surface area contributed by atoms with E-state index in [1.165, 1.54) is 12.1 Å². The molecule has 0 aromatic heterocycles. The third-order valence-corrected chi connectivity index (χ3v) is 2.87. The van der Waals surface area contributed by atoms with Crippen LogP contribution in [-0.4, -0.2) is 18.6 Å². The summed E-state index contributed by atoms with van der Waals surface area (Å²) in [4.78, 5) is 11.6. The van der Waals surface area contributed by atoms with Crippen molar-refractivity contribution in [2.75, 3.05) is 6.54 Å². The molecule has 1 aromatic rings. The van der Waals surface area contributed by atoms with Gasteiger partial charge in [0.05, 0.1) is 12.0 Å². The van der Waals surface area contributed by atoms with Gasteiger partial charge in [-0.2, -0.15) is 0 Å². The average molecular weight is 223 g/mol. The second-order valence-electron chi connectivity index (χ2n) is 4.28. The number of hydrogen-bond donors (Lipinski definition) is 1. The van der Waals surface area contributed by atoms with Gasteiger partial charge < -0.3 is 14.8 Å². The molecule has 0 bridgehead atoms. The average Bonchev–Trinajstić information content (AvgIpc) is 3.03. The normalized spacial score (nSPS) is 17.1. The Bertz CT molecular complexity index is 373. The summed E-state index contributed by atoms with van der Waals surface area (Å²) in [6, 6.07) is 6.64. The van der Waals surface area contributed by atoms with Gasteiger partial charge in [-0.1, -0.05) is 12.1 Å². The Morgan fingerprint density at radius 3 is 2.50 bits per heavy atom. The van der Waals surface area contributed by atoms with Gasteiger partial charge in [0, 0.05) is 18.4 Å². The quantitative estimate of drug-likeness (QED) is 0.704. The monoisotopic (exact) mass is 223 g/mol. The van der Waals surface area contributed by atoms with Gasteiger partial charge >= 0.3 is 0 Å². The molecule has 2 rings (SSSR count). The van der Waals surface area contributed by atoms with Crippen molar-refractivity contribution in [1.82, 2.24) is 0 Å².